The highest BCUT2D eigenvalue weighted by Gasteiger charge is 2.23. The van der Waals surface area contributed by atoms with Crippen molar-refractivity contribution in [1.82, 2.24) is 13.7 Å². The van der Waals surface area contributed by atoms with Crippen LogP contribution in [0, 0.1) is 0 Å². The molecule has 0 aliphatic carbocycles. The summed E-state index contributed by atoms with van der Waals surface area (Å²) in [5, 5.41) is 11.6. The van der Waals surface area contributed by atoms with Crippen molar-refractivity contribution >= 4 is 109 Å². The van der Waals surface area contributed by atoms with Crippen LogP contribution in [0.3, 0.4) is 0 Å². The lowest BCUT2D eigenvalue weighted by Gasteiger charge is -2.14. The fourth-order valence-corrected chi connectivity index (χ4v) is 11.9. The van der Waals surface area contributed by atoms with Gasteiger partial charge in [-0.2, -0.15) is 0 Å². The minimum Gasteiger partial charge on any atom is -0.454 e. The van der Waals surface area contributed by atoms with Crippen molar-refractivity contribution in [3.63, 3.8) is 0 Å². The molecule has 16 aromatic rings. The summed E-state index contributed by atoms with van der Waals surface area (Å²) >= 11 is 0. The van der Waals surface area contributed by atoms with Crippen LogP contribution in [0.15, 0.2) is 245 Å². The van der Waals surface area contributed by atoms with E-state index in [0.29, 0.717) is 0 Å². The average molecular weight is 906 g/mol. The molecule has 5 heteroatoms. The molecule has 0 bridgehead atoms. The Hall–Kier alpha value is -9.58. The van der Waals surface area contributed by atoms with Crippen LogP contribution in [-0.2, 0) is 0 Å². The number of hydrogen-bond donors (Lipinski definition) is 0. The van der Waals surface area contributed by atoms with Crippen molar-refractivity contribution in [2.75, 3.05) is 0 Å². The molecule has 0 saturated carbocycles. The molecular formula is C66H39N3O2. The van der Waals surface area contributed by atoms with Gasteiger partial charge in [-0.1, -0.05) is 152 Å². The Morgan fingerprint density at radius 3 is 1.13 bits per heavy atom. The Morgan fingerprint density at radius 1 is 0.225 bits per heavy atom. The Balaban J connectivity index is 0.924. The summed E-state index contributed by atoms with van der Waals surface area (Å²) in [6, 6.07) is 85.5. The number of hydrogen-bond acceptors (Lipinski definition) is 2. The maximum absolute atomic E-state index is 7.07. The maximum atomic E-state index is 7.07. The van der Waals surface area contributed by atoms with E-state index < -0.39 is 0 Å². The van der Waals surface area contributed by atoms with Crippen LogP contribution >= 0.6 is 0 Å². The van der Waals surface area contributed by atoms with Gasteiger partial charge in [0.05, 0.1) is 44.5 Å². The molecule has 0 saturated heterocycles. The number of nitrogens with zero attached hydrogens (tertiary/aromatic N) is 3. The normalized spacial score (nSPS) is 12.2. The number of benzene rings is 11. The van der Waals surface area contributed by atoms with Crippen LogP contribution < -0.4 is 0 Å². The van der Waals surface area contributed by atoms with Crippen LogP contribution in [0.5, 0.6) is 0 Å². The first-order valence-electron chi connectivity index (χ1n) is 24.2. The molecule has 5 heterocycles. The van der Waals surface area contributed by atoms with Crippen molar-refractivity contribution in [2.24, 2.45) is 0 Å². The lowest BCUT2D eigenvalue weighted by molar-refractivity contribution is 0.666. The SMILES string of the molecule is c1cc(-c2ccc3oc4c(-n5c6ccccc6c6ccccc65)cc(-n5c6ccccc6c6ccccc65)cc4c3c2)cc(-c2cc(-n3c4ccccc4c4ccccc43)c3oc4ccccc4c3c2)c1. The van der Waals surface area contributed by atoms with Crippen molar-refractivity contribution < 1.29 is 8.83 Å². The summed E-state index contributed by atoms with van der Waals surface area (Å²) in [5.74, 6) is 0. The molecular weight excluding hydrogens is 867 g/mol. The van der Waals surface area contributed by atoms with Gasteiger partial charge in [0.1, 0.15) is 11.2 Å². The van der Waals surface area contributed by atoms with Gasteiger partial charge in [-0.05, 0) is 107 Å². The van der Waals surface area contributed by atoms with Crippen LogP contribution in [0.4, 0.5) is 0 Å². The Morgan fingerprint density at radius 2 is 0.606 bits per heavy atom. The van der Waals surface area contributed by atoms with E-state index >= 15 is 0 Å². The molecule has 5 nitrogen and oxygen atoms in total. The first kappa shape index (κ1) is 38.4. The van der Waals surface area contributed by atoms with E-state index in [1.165, 1.54) is 32.3 Å². The molecule has 0 aliphatic heterocycles. The number of furan rings is 2. The van der Waals surface area contributed by atoms with Crippen LogP contribution in [0.25, 0.3) is 149 Å². The Bertz CT molecular complexity index is 4740. The number of para-hydroxylation sites is 7. The Labute approximate surface area is 405 Å². The predicted octanol–water partition coefficient (Wildman–Crippen LogP) is 18.1. The highest BCUT2D eigenvalue weighted by molar-refractivity contribution is 6.16. The summed E-state index contributed by atoms with van der Waals surface area (Å²) in [6.45, 7) is 0. The minimum atomic E-state index is 0.842. The zero-order valence-corrected chi connectivity index (χ0v) is 38.2. The molecule has 0 fully saturated rings. The van der Waals surface area contributed by atoms with E-state index in [2.05, 4.69) is 244 Å². The summed E-state index contributed by atoms with van der Waals surface area (Å²) in [5.41, 5.74) is 17.9. The van der Waals surface area contributed by atoms with Gasteiger partial charge >= 0.3 is 0 Å². The molecule has 0 N–H and O–H groups in total. The van der Waals surface area contributed by atoms with Gasteiger partial charge in [0, 0.05) is 59.5 Å². The largest absolute Gasteiger partial charge is 0.454 e. The molecule has 0 spiro atoms. The molecule has 0 atom stereocenters. The van der Waals surface area contributed by atoms with E-state index in [1.54, 1.807) is 0 Å². The van der Waals surface area contributed by atoms with Crippen molar-refractivity contribution in [1.29, 1.82) is 0 Å². The number of rotatable bonds is 5. The fraction of sp³-hybridized carbons (Fsp3) is 0. The van der Waals surface area contributed by atoms with Gasteiger partial charge in [-0.25, -0.2) is 0 Å². The third kappa shape index (κ3) is 5.46. The highest BCUT2D eigenvalue weighted by atomic mass is 16.3. The van der Waals surface area contributed by atoms with E-state index in [-0.39, 0.29) is 0 Å². The van der Waals surface area contributed by atoms with Gasteiger partial charge in [-0.3, -0.25) is 0 Å². The fourth-order valence-electron chi connectivity index (χ4n) is 11.9. The molecule has 0 unspecified atom stereocenters. The van der Waals surface area contributed by atoms with Crippen LogP contribution in [0.1, 0.15) is 0 Å². The predicted molar refractivity (Wildman–Crippen MR) is 295 cm³/mol. The zero-order chi connectivity index (χ0) is 46.3. The minimum absolute atomic E-state index is 0.842. The molecule has 330 valence electrons. The van der Waals surface area contributed by atoms with Crippen LogP contribution in [-0.4, -0.2) is 13.7 Å². The van der Waals surface area contributed by atoms with E-state index in [1.807, 2.05) is 6.07 Å². The van der Waals surface area contributed by atoms with E-state index in [4.69, 9.17) is 8.83 Å². The van der Waals surface area contributed by atoms with Crippen LogP contribution in [0.2, 0.25) is 0 Å². The summed E-state index contributed by atoms with van der Waals surface area (Å²) in [6.07, 6.45) is 0. The lowest BCUT2D eigenvalue weighted by Crippen LogP contribution is -1.99. The first-order chi connectivity index (χ1) is 35.2. The second-order valence-electron chi connectivity index (χ2n) is 18.8. The summed E-state index contributed by atoms with van der Waals surface area (Å²) < 4.78 is 21.0. The third-order valence-electron chi connectivity index (χ3n) is 15.0. The average Bonchev–Trinajstić information content (AvgIpc) is 4.24. The zero-order valence-electron chi connectivity index (χ0n) is 38.2. The molecule has 0 amide bonds. The lowest BCUT2D eigenvalue weighted by atomic mass is 9.96. The van der Waals surface area contributed by atoms with Gasteiger partial charge < -0.3 is 22.5 Å². The van der Waals surface area contributed by atoms with Crippen molar-refractivity contribution in [3.05, 3.63) is 237 Å². The van der Waals surface area contributed by atoms with E-state index in [9.17, 15) is 0 Å². The smallest absolute Gasteiger partial charge is 0.159 e. The van der Waals surface area contributed by atoms with Crippen molar-refractivity contribution in [3.8, 4) is 39.3 Å². The summed E-state index contributed by atoms with van der Waals surface area (Å²) in [4.78, 5) is 0. The molecule has 71 heavy (non-hydrogen) atoms. The second-order valence-corrected chi connectivity index (χ2v) is 18.8. The summed E-state index contributed by atoms with van der Waals surface area (Å²) in [7, 11) is 0. The molecule has 11 aromatic carbocycles. The highest BCUT2D eigenvalue weighted by Crippen LogP contribution is 2.44. The number of aromatic nitrogens is 3. The third-order valence-corrected chi connectivity index (χ3v) is 15.0. The quantitative estimate of drug-likeness (QED) is 0.173. The molecule has 5 aromatic heterocycles. The monoisotopic (exact) mass is 905 g/mol. The van der Waals surface area contributed by atoms with Gasteiger partial charge in [-0.15, -0.1) is 0 Å². The topological polar surface area (TPSA) is 41.1 Å². The van der Waals surface area contributed by atoms with E-state index in [0.717, 1.165) is 116 Å². The molecule has 16 rings (SSSR count). The molecule has 0 radical (unpaired) electrons. The maximum Gasteiger partial charge on any atom is 0.159 e. The van der Waals surface area contributed by atoms with Gasteiger partial charge in [0.15, 0.2) is 11.2 Å². The second kappa shape index (κ2) is 14.5. The number of fused-ring (bicyclic) bond motifs is 15. The standard InChI is InChI=1S/C66H39N3O2/c1-8-25-55-45(18-1)46-19-2-9-26-56(46)67(55)44-38-54-52-35-42(32-33-64(52)71-66(54)62(39-44)69-59-29-12-5-22-49(59)50-23-6-13-30-60(50)69)40-16-15-17-41(34-40)43-36-53-51-24-7-14-31-63(51)70-65(53)61(37-43)68-57-27-10-3-20-47(57)48-21-4-11-28-58(48)68/h1-39H. The first-order valence-corrected chi connectivity index (χ1v) is 24.2. The molecule has 0 aliphatic rings. The van der Waals surface area contributed by atoms with Crippen molar-refractivity contribution in [2.45, 2.75) is 0 Å². The van der Waals surface area contributed by atoms with Gasteiger partial charge in [0.2, 0.25) is 0 Å². The van der Waals surface area contributed by atoms with Gasteiger partial charge in [0.25, 0.3) is 0 Å². The Kier molecular flexibility index (Phi) is 7.82.